The predicted molar refractivity (Wildman–Crippen MR) is 81.5 cm³/mol. The van der Waals surface area contributed by atoms with E-state index < -0.39 is 0 Å². The highest BCUT2D eigenvalue weighted by molar-refractivity contribution is 8.06. The van der Waals surface area contributed by atoms with Gasteiger partial charge < -0.3 is 5.32 Å². The quantitative estimate of drug-likeness (QED) is 0.915. The van der Waals surface area contributed by atoms with Crippen molar-refractivity contribution in [3.8, 4) is 0 Å². The molecular formula is C13H17ClFNS2. The molecule has 1 N–H and O–H groups in total. The molecule has 0 spiro atoms. The standard InChI is InChI=1S/C13H17ClFNS2/c1-16-12(13-8-17-4-5-18-13)7-9-2-3-11(15)10(14)6-9/h2-3,6,12-13,16H,4-5,7-8H2,1H3. The Morgan fingerprint density at radius 1 is 1.50 bits per heavy atom. The first-order valence-corrected chi connectivity index (χ1v) is 8.59. The van der Waals surface area contributed by atoms with Crippen LogP contribution in [0.1, 0.15) is 5.56 Å². The molecule has 2 atom stereocenters. The normalized spacial score (nSPS) is 21.8. The zero-order valence-electron chi connectivity index (χ0n) is 10.3. The van der Waals surface area contributed by atoms with Crippen LogP contribution in [0.4, 0.5) is 4.39 Å². The van der Waals surface area contributed by atoms with Crippen LogP contribution < -0.4 is 5.32 Å². The molecule has 1 heterocycles. The summed E-state index contributed by atoms with van der Waals surface area (Å²) in [6.07, 6.45) is 0.898. The molecule has 1 aromatic carbocycles. The predicted octanol–water partition coefficient (Wildman–Crippen LogP) is 3.46. The minimum Gasteiger partial charge on any atom is -0.316 e. The highest BCUT2D eigenvalue weighted by Gasteiger charge is 2.23. The molecule has 0 radical (unpaired) electrons. The average molecular weight is 306 g/mol. The number of likely N-dealkylation sites (N-methyl/N-ethyl adjacent to an activating group) is 1. The molecule has 5 heteroatoms. The lowest BCUT2D eigenvalue weighted by Gasteiger charge is -2.29. The molecule has 2 rings (SSSR count). The molecule has 1 aromatic rings. The summed E-state index contributed by atoms with van der Waals surface area (Å²) in [6, 6.07) is 5.44. The van der Waals surface area contributed by atoms with E-state index in [0.29, 0.717) is 11.3 Å². The van der Waals surface area contributed by atoms with E-state index in [4.69, 9.17) is 11.6 Å². The monoisotopic (exact) mass is 305 g/mol. The van der Waals surface area contributed by atoms with E-state index in [1.165, 1.54) is 23.3 Å². The van der Waals surface area contributed by atoms with Gasteiger partial charge >= 0.3 is 0 Å². The fraction of sp³-hybridized carbons (Fsp3) is 0.538. The van der Waals surface area contributed by atoms with Crippen LogP contribution in [0.25, 0.3) is 0 Å². The summed E-state index contributed by atoms with van der Waals surface area (Å²) in [7, 11) is 2.00. The Kier molecular flexibility index (Phi) is 5.67. The lowest BCUT2D eigenvalue weighted by Crippen LogP contribution is -2.40. The van der Waals surface area contributed by atoms with Crippen LogP contribution in [0.2, 0.25) is 5.02 Å². The maximum Gasteiger partial charge on any atom is 0.141 e. The van der Waals surface area contributed by atoms with Crippen molar-refractivity contribution in [2.75, 3.05) is 24.3 Å². The number of hydrogen-bond donors (Lipinski definition) is 1. The number of rotatable bonds is 4. The van der Waals surface area contributed by atoms with Gasteiger partial charge in [-0.2, -0.15) is 23.5 Å². The minimum absolute atomic E-state index is 0.216. The molecule has 0 amide bonds. The van der Waals surface area contributed by atoms with E-state index in [0.717, 1.165) is 12.0 Å². The van der Waals surface area contributed by atoms with E-state index in [1.807, 2.05) is 36.6 Å². The highest BCUT2D eigenvalue weighted by Crippen LogP contribution is 2.28. The second kappa shape index (κ2) is 7.04. The van der Waals surface area contributed by atoms with Crippen molar-refractivity contribution >= 4 is 35.1 Å². The molecule has 0 saturated carbocycles. The Balaban J connectivity index is 2.02. The second-order valence-electron chi connectivity index (χ2n) is 4.33. The van der Waals surface area contributed by atoms with Crippen molar-refractivity contribution in [1.29, 1.82) is 0 Å². The largest absolute Gasteiger partial charge is 0.316 e. The molecule has 1 aliphatic rings. The highest BCUT2D eigenvalue weighted by atomic mass is 35.5. The first kappa shape index (κ1) is 14.5. The van der Waals surface area contributed by atoms with Gasteiger partial charge in [-0.25, -0.2) is 4.39 Å². The van der Waals surface area contributed by atoms with Crippen molar-refractivity contribution in [2.24, 2.45) is 0 Å². The molecule has 1 saturated heterocycles. The van der Waals surface area contributed by atoms with Crippen LogP contribution in [0.5, 0.6) is 0 Å². The molecule has 1 nitrogen and oxygen atoms in total. The zero-order chi connectivity index (χ0) is 13.0. The number of benzene rings is 1. The Morgan fingerprint density at radius 2 is 2.33 bits per heavy atom. The Morgan fingerprint density at radius 3 is 2.94 bits per heavy atom. The molecule has 1 fully saturated rings. The molecule has 0 bridgehead atoms. The van der Waals surface area contributed by atoms with E-state index in [2.05, 4.69) is 5.32 Å². The van der Waals surface area contributed by atoms with Gasteiger partial charge in [-0.15, -0.1) is 0 Å². The summed E-state index contributed by atoms with van der Waals surface area (Å²) in [5.41, 5.74) is 1.09. The van der Waals surface area contributed by atoms with Crippen molar-refractivity contribution in [3.05, 3.63) is 34.6 Å². The second-order valence-corrected chi connectivity index (χ2v) is 7.24. The third kappa shape index (κ3) is 3.80. The van der Waals surface area contributed by atoms with E-state index in [1.54, 1.807) is 6.07 Å². The number of thioether (sulfide) groups is 2. The van der Waals surface area contributed by atoms with Gasteiger partial charge in [0.1, 0.15) is 5.82 Å². The van der Waals surface area contributed by atoms with Crippen LogP contribution in [-0.2, 0) is 6.42 Å². The fourth-order valence-corrected chi connectivity index (χ4v) is 5.21. The van der Waals surface area contributed by atoms with Crippen LogP contribution >= 0.6 is 35.1 Å². The van der Waals surface area contributed by atoms with Crippen LogP contribution in [-0.4, -0.2) is 35.6 Å². The molecule has 0 aliphatic carbocycles. The van der Waals surface area contributed by atoms with Crippen LogP contribution in [0.15, 0.2) is 18.2 Å². The lowest BCUT2D eigenvalue weighted by molar-refractivity contribution is 0.556. The minimum atomic E-state index is -0.343. The first-order chi connectivity index (χ1) is 8.70. The summed E-state index contributed by atoms with van der Waals surface area (Å²) in [5.74, 6) is 3.31. The Hall–Kier alpha value is 0.1000. The van der Waals surface area contributed by atoms with Gasteiger partial charge in [0.25, 0.3) is 0 Å². The number of nitrogens with one attached hydrogen (secondary N) is 1. The topological polar surface area (TPSA) is 12.0 Å². The van der Waals surface area contributed by atoms with Gasteiger partial charge in [0, 0.05) is 28.6 Å². The van der Waals surface area contributed by atoms with Crippen molar-refractivity contribution < 1.29 is 4.39 Å². The van der Waals surface area contributed by atoms with Crippen molar-refractivity contribution in [1.82, 2.24) is 5.32 Å². The molecule has 2 unspecified atom stereocenters. The summed E-state index contributed by atoms with van der Waals surface area (Å²) in [5, 5.41) is 4.22. The smallest absolute Gasteiger partial charge is 0.141 e. The summed E-state index contributed by atoms with van der Waals surface area (Å²) in [4.78, 5) is 0. The third-order valence-corrected chi connectivity index (χ3v) is 6.31. The summed E-state index contributed by atoms with van der Waals surface area (Å²) in [6.45, 7) is 0. The van der Waals surface area contributed by atoms with E-state index in [9.17, 15) is 4.39 Å². The maximum absolute atomic E-state index is 13.1. The van der Waals surface area contributed by atoms with Gasteiger partial charge in [0.05, 0.1) is 5.02 Å². The van der Waals surface area contributed by atoms with Gasteiger partial charge in [-0.05, 0) is 31.2 Å². The van der Waals surface area contributed by atoms with Crippen molar-refractivity contribution in [2.45, 2.75) is 17.7 Å². The van der Waals surface area contributed by atoms with Gasteiger partial charge in [-0.3, -0.25) is 0 Å². The molecule has 18 heavy (non-hydrogen) atoms. The fourth-order valence-electron chi connectivity index (χ4n) is 2.08. The molecule has 1 aliphatic heterocycles. The third-order valence-electron chi connectivity index (χ3n) is 3.10. The lowest BCUT2D eigenvalue weighted by atomic mass is 10.0. The molecule has 100 valence electrons. The number of hydrogen-bond acceptors (Lipinski definition) is 3. The SMILES string of the molecule is CNC(Cc1ccc(F)c(Cl)c1)C1CSCCS1. The average Bonchev–Trinajstić information content (AvgIpc) is 2.41. The Bertz CT molecular complexity index is 397. The van der Waals surface area contributed by atoms with E-state index >= 15 is 0 Å². The molecular weight excluding hydrogens is 289 g/mol. The Labute approximate surface area is 121 Å². The number of halogens is 2. The van der Waals surface area contributed by atoms with Crippen molar-refractivity contribution in [3.63, 3.8) is 0 Å². The summed E-state index contributed by atoms with van der Waals surface area (Å²) >= 11 is 9.87. The zero-order valence-corrected chi connectivity index (χ0v) is 12.7. The van der Waals surface area contributed by atoms with E-state index in [-0.39, 0.29) is 10.8 Å². The molecule has 0 aromatic heterocycles. The van der Waals surface area contributed by atoms with Gasteiger partial charge in [-0.1, -0.05) is 17.7 Å². The first-order valence-electron chi connectivity index (χ1n) is 6.01. The van der Waals surface area contributed by atoms with Crippen LogP contribution in [0, 0.1) is 5.82 Å². The maximum atomic E-state index is 13.1. The van der Waals surface area contributed by atoms with Gasteiger partial charge in [0.15, 0.2) is 0 Å². The van der Waals surface area contributed by atoms with Crippen LogP contribution in [0.3, 0.4) is 0 Å². The summed E-state index contributed by atoms with van der Waals surface area (Å²) < 4.78 is 13.1. The van der Waals surface area contributed by atoms with Gasteiger partial charge in [0.2, 0.25) is 0 Å².